The van der Waals surface area contributed by atoms with E-state index < -0.39 is 17.9 Å². The number of rotatable bonds is 3. The Hall–Kier alpha value is -2.77. The molecule has 1 aromatic heterocycles. The van der Waals surface area contributed by atoms with E-state index in [0.717, 1.165) is 25.7 Å². The molecule has 3 atom stereocenters. The van der Waals surface area contributed by atoms with Crippen LogP contribution in [0.2, 0.25) is 0 Å². The molecule has 2 aromatic rings. The van der Waals surface area contributed by atoms with Crippen LogP contribution in [0, 0.1) is 11.7 Å². The Morgan fingerprint density at radius 2 is 1.88 bits per heavy atom. The number of amides is 1. The molecule has 1 aliphatic heterocycles. The molecule has 4 rings (SSSR count). The summed E-state index contributed by atoms with van der Waals surface area (Å²) in [4.78, 5) is 26.2. The maximum Gasteiger partial charge on any atom is 0.326 e. The van der Waals surface area contributed by atoms with Crippen LogP contribution in [0.1, 0.15) is 42.6 Å². The summed E-state index contributed by atoms with van der Waals surface area (Å²) in [6.45, 7) is 0. The van der Waals surface area contributed by atoms with Gasteiger partial charge in [-0.1, -0.05) is 18.1 Å². The molecular formula is C18H19FN4O3. The highest BCUT2D eigenvalue weighted by molar-refractivity contribution is 5.95. The van der Waals surface area contributed by atoms with Crippen molar-refractivity contribution in [2.45, 2.75) is 44.2 Å². The quantitative estimate of drug-likeness (QED) is 0.909. The van der Waals surface area contributed by atoms with E-state index in [0.29, 0.717) is 12.1 Å². The van der Waals surface area contributed by atoms with E-state index in [-0.39, 0.29) is 23.5 Å². The van der Waals surface area contributed by atoms with Gasteiger partial charge in [0.2, 0.25) is 0 Å². The average molecular weight is 358 g/mol. The van der Waals surface area contributed by atoms with Gasteiger partial charge in [-0.3, -0.25) is 4.79 Å². The number of carbonyl (C=O) groups is 2. The zero-order valence-electron chi connectivity index (χ0n) is 14.1. The number of hydrogen-bond acceptors (Lipinski definition) is 4. The van der Waals surface area contributed by atoms with Gasteiger partial charge in [0, 0.05) is 6.04 Å². The maximum absolute atomic E-state index is 13.1. The van der Waals surface area contributed by atoms with E-state index in [1.807, 2.05) is 0 Å². The molecule has 7 nitrogen and oxygen atoms in total. The first kappa shape index (κ1) is 16.7. The standard InChI is InChI=1S/C18H19FN4O3/c19-12-5-7-13(8-6-12)22-10-14(20-21-22)17(24)23-15-4-2-1-3-11(15)9-16(23)18(25)26/h5-8,10-11,15-16H,1-4,9H2,(H,25,26)/t11-,15+,16-/m0/s1. The first-order valence-corrected chi connectivity index (χ1v) is 8.78. The molecular weight excluding hydrogens is 339 g/mol. The largest absolute Gasteiger partial charge is 0.480 e. The molecule has 2 heterocycles. The minimum atomic E-state index is -0.973. The molecule has 1 N–H and O–H groups in total. The number of carboxylic acid groups (broad SMARTS) is 1. The van der Waals surface area contributed by atoms with Crippen molar-refractivity contribution in [3.05, 3.63) is 42.0 Å². The molecule has 0 bridgehead atoms. The fraction of sp³-hybridized carbons (Fsp3) is 0.444. The van der Waals surface area contributed by atoms with Gasteiger partial charge in [0.05, 0.1) is 11.9 Å². The van der Waals surface area contributed by atoms with Crippen molar-refractivity contribution in [3.8, 4) is 5.69 Å². The molecule has 1 saturated heterocycles. The van der Waals surface area contributed by atoms with Crippen molar-refractivity contribution in [2.75, 3.05) is 0 Å². The van der Waals surface area contributed by atoms with Gasteiger partial charge in [-0.05, 0) is 49.4 Å². The minimum Gasteiger partial charge on any atom is -0.480 e. The minimum absolute atomic E-state index is 0.0479. The second kappa shape index (κ2) is 6.51. The monoisotopic (exact) mass is 358 g/mol. The molecule has 1 saturated carbocycles. The Labute approximate surface area is 149 Å². The fourth-order valence-electron chi connectivity index (χ4n) is 4.19. The second-order valence-electron chi connectivity index (χ2n) is 6.94. The molecule has 1 amide bonds. The zero-order valence-corrected chi connectivity index (χ0v) is 14.1. The number of likely N-dealkylation sites (tertiary alicyclic amines) is 1. The molecule has 1 aliphatic carbocycles. The highest BCUT2D eigenvalue weighted by atomic mass is 19.1. The molecule has 0 spiro atoms. The number of fused-ring (bicyclic) bond motifs is 1. The number of nitrogens with zero attached hydrogens (tertiary/aromatic N) is 4. The Balaban J connectivity index is 1.61. The van der Waals surface area contributed by atoms with Crippen LogP contribution >= 0.6 is 0 Å². The van der Waals surface area contributed by atoms with E-state index in [1.165, 1.54) is 40.0 Å². The summed E-state index contributed by atoms with van der Waals surface area (Å²) in [7, 11) is 0. The maximum atomic E-state index is 13.1. The lowest BCUT2D eigenvalue weighted by Gasteiger charge is -2.32. The van der Waals surface area contributed by atoms with E-state index in [1.54, 1.807) is 0 Å². The van der Waals surface area contributed by atoms with Crippen LogP contribution in [-0.2, 0) is 4.79 Å². The Morgan fingerprint density at radius 3 is 2.62 bits per heavy atom. The van der Waals surface area contributed by atoms with Crippen molar-refractivity contribution in [3.63, 3.8) is 0 Å². The van der Waals surface area contributed by atoms with Crippen LogP contribution in [0.5, 0.6) is 0 Å². The van der Waals surface area contributed by atoms with Gasteiger partial charge in [0.15, 0.2) is 5.69 Å². The topological polar surface area (TPSA) is 88.3 Å². The third-order valence-electron chi connectivity index (χ3n) is 5.41. The second-order valence-corrected chi connectivity index (χ2v) is 6.94. The van der Waals surface area contributed by atoms with Gasteiger partial charge in [0.1, 0.15) is 11.9 Å². The SMILES string of the molecule is O=C(O)[C@@H]1C[C@@H]2CCCC[C@H]2N1C(=O)c1cn(-c2ccc(F)cc2)nn1. The Kier molecular flexibility index (Phi) is 4.18. The van der Waals surface area contributed by atoms with Crippen molar-refractivity contribution in [1.29, 1.82) is 0 Å². The Bertz CT molecular complexity index is 835. The van der Waals surface area contributed by atoms with Crippen LogP contribution in [-0.4, -0.2) is 49.0 Å². The van der Waals surface area contributed by atoms with Gasteiger partial charge in [-0.2, -0.15) is 0 Å². The third kappa shape index (κ3) is 2.85. The molecule has 26 heavy (non-hydrogen) atoms. The van der Waals surface area contributed by atoms with Crippen LogP contribution < -0.4 is 0 Å². The normalized spacial score (nSPS) is 25.1. The smallest absolute Gasteiger partial charge is 0.326 e. The van der Waals surface area contributed by atoms with E-state index in [2.05, 4.69) is 10.3 Å². The molecule has 0 unspecified atom stereocenters. The summed E-state index contributed by atoms with van der Waals surface area (Å²) >= 11 is 0. The number of carbonyl (C=O) groups excluding carboxylic acids is 1. The van der Waals surface area contributed by atoms with E-state index >= 15 is 0 Å². The van der Waals surface area contributed by atoms with Gasteiger partial charge < -0.3 is 10.0 Å². The number of benzene rings is 1. The fourth-order valence-corrected chi connectivity index (χ4v) is 4.19. The molecule has 1 aromatic carbocycles. The van der Waals surface area contributed by atoms with Crippen LogP contribution in [0.25, 0.3) is 5.69 Å². The van der Waals surface area contributed by atoms with E-state index in [4.69, 9.17) is 0 Å². The highest BCUT2D eigenvalue weighted by Gasteiger charge is 2.48. The van der Waals surface area contributed by atoms with Crippen molar-refractivity contribution >= 4 is 11.9 Å². The van der Waals surface area contributed by atoms with Crippen LogP contribution in [0.3, 0.4) is 0 Å². The number of halogens is 1. The highest BCUT2D eigenvalue weighted by Crippen LogP contribution is 2.40. The Morgan fingerprint density at radius 1 is 1.15 bits per heavy atom. The summed E-state index contributed by atoms with van der Waals surface area (Å²) in [5.74, 6) is -1.50. The van der Waals surface area contributed by atoms with E-state index in [9.17, 15) is 19.1 Å². The molecule has 2 fully saturated rings. The lowest BCUT2D eigenvalue weighted by molar-refractivity contribution is -0.141. The van der Waals surface area contributed by atoms with Gasteiger partial charge >= 0.3 is 5.97 Å². The predicted molar refractivity (Wildman–Crippen MR) is 89.3 cm³/mol. The number of carboxylic acids is 1. The number of aromatic nitrogens is 3. The molecule has 136 valence electrons. The molecule has 0 radical (unpaired) electrons. The third-order valence-corrected chi connectivity index (χ3v) is 5.41. The lowest BCUT2D eigenvalue weighted by atomic mass is 9.84. The molecule has 2 aliphatic rings. The van der Waals surface area contributed by atoms with Gasteiger partial charge in [0.25, 0.3) is 5.91 Å². The van der Waals surface area contributed by atoms with Crippen molar-refractivity contribution in [2.24, 2.45) is 5.92 Å². The summed E-state index contributed by atoms with van der Waals surface area (Å²) in [6, 6.07) is 4.80. The predicted octanol–water partition coefficient (Wildman–Crippen LogP) is 2.26. The molecule has 8 heteroatoms. The van der Waals surface area contributed by atoms with Crippen LogP contribution in [0.15, 0.2) is 30.5 Å². The van der Waals surface area contributed by atoms with Crippen molar-refractivity contribution < 1.29 is 19.1 Å². The van der Waals surface area contributed by atoms with Crippen molar-refractivity contribution in [1.82, 2.24) is 19.9 Å². The van der Waals surface area contributed by atoms with Crippen LogP contribution in [0.4, 0.5) is 4.39 Å². The summed E-state index contributed by atoms with van der Waals surface area (Å²) < 4.78 is 14.4. The van der Waals surface area contributed by atoms with Gasteiger partial charge in [-0.15, -0.1) is 5.10 Å². The first-order chi connectivity index (χ1) is 12.5. The number of hydrogen-bond donors (Lipinski definition) is 1. The average Bonchev–Trinajstić information content (AvgIpc) is 3.27. The summed E-state index contributed by atoms with van der Waals surface area (Å²) in [6.07, 6.45) is 5.82. The summed E-state index contributed by atoms with van der Waals surface area (Å²) in [5, 5.41) is 17.4. The zero-order chi connectivity index (χ0) is 18.3. The first-order valence-electron chi connectivity index (χ1n) is 8.78. The van der Waals surface area contributed by atoms with Gasteiger partial charge in [-0.25, -0.2) is 13.9 Å². The summed E-state index contributed by atoms with van der Waals surface area (Å²) in [5.41, 5.74) is 0.677. The lowest BCUT2D eigenvalue weighted by Crippen LogP contribution is -2.46. The number of aliphatic carboxylic acids is 1.